The average Bonchev–Trinajstić information content (AvgIpc) is 3.26. The third-order valence-corrected chi connectivity index (χ3v) is 6.46. The number of hydrogen-bond donors (Lipinski definition) is 1. The van der Waals surface area contributed by atoms with Gasteiger partial charge in [-0.25, -0.2) is 8.42 Å². The van der Waals surface area contributed by atoms with Crippen molar-refractivity contribution in [2.75, 3.05) is 19.0 Å². The first-order valence-corrected chi connectivity index (χ1v) is 11.3. The molecule has 0 bridgehead atoms. The number of ether oxygens (including phenoxy) is 1. The highest BCUT2D eigenvalue weighted by atomic mass is 32.2. The number of hydrogen-bond acceptors (Lipinski definition) is 6. The van der Waals surface area contributed by atoms with Gasteiger partial charge in [-0.2, -0.15) is 4.98 Å². The third-order valence-electron chi connectivity index (χ3n) is 4.78. The van der Waals surface area contributed by atoms with E-state index in [1.54, 1.807) is 37.4 Å². The molecule has 6 nitrogen and oxygen atoms in total. The topological polar surface area (TPSA) is 81.4 Å². The van der Waals surface area contributed by atoms with Gasteiger partial charge in [0.2, 0.25) is 26.6 Å². The van der Waals surface area contributed by atoms with Crippen LogP contribution in [0.4, 0.5) is 5.88 Å². The number of nitrogens with zero attached hydrogens (tertiary/aromatic N) is 1. The van der Waals surface area contributed by atoms with Crippen LogP contribution in [-0.2, 0) is 16.3 Å². The van der Waals surface area contributed by atoms with E-state index in [0.29, 0.717) is 18.5 Å². The van der Waals surface area contributed by atoms with E-state index in [-0.39, 0.29) is 21.7 Å². The molecule has 0 fully saturated rings. The van der Waals surface area contributed by atoms with Crippen molar-refractivity contribution in [2.24, 2.45) is 0 Å². The zero-order valence-electron chi connectivity index (χ0n) is 17.0. The lowest BCUT2D eigenvalue weighted by molar-refractivity contribution is 0.414. The fourth-order valence-corrected chi connectivity index (χ4v) is 4.43. The number of rotatable bonds is 8. The fraction of sp³-hybridized carbons (Fsp3) is 0.125. The summed E-state index contributed by atoms with van der Waals surface area (Å²) < 4.78 is 37.5. The minimum atomic E-state index is -3.84. The predicted molar refractivity (Wildman–Crippen MR) is 119 cm³/mol. The second-order valence-corrected chi connectivity index (χ2v) is 8.73. The van der Waals surface area contributed by atoms with Gasteiger partial charge in [-0.05, 0) is 48.4 Å². The summed E-state index contributed by atoms with van der Waals surface area (Å²) in [5, 5.41) is 3.00. The molecule has 0 saturated heterocycles. The van der Waals surface area contributed by atoms with E-state index in [1.165, 1.54) is 0 Å². The minimum absolute atomic E-state index is 0.118. The number of aromatic nitrogens is 1. The van der Waals surface area contributed by atoms with Gasteiger partial charge in [0, 0.05) is 12.1 Å². The van der Waals surface area contributed by atoms with Crippen LogP contribution < -0.4 is 10.1 Å². The summed E-state index contributed by atoms with van der Waals surface area (Å²) in [6.07, 6.45) is 0.677. The molecule has 0 atom stereocenters. The molecule has 1 aromatic heterocycles. The summed E-state index contributed by atoms with van der Waals surface area (Å²) in [5.41, 5.74) is 1.79. The molecule has 0 saturated carbocycles. The smallest absolute Gasteiger partial charge is 0.233 e. The van der Waals surface area contributed by atoms with Gasteiger partial charge in [0.05, 0.1) is 12.0 Å². The van der Waals surface area contributed by atoms with Gasteiger partial charge in [0.1, 0.15) is 5.75 Å². The Morgan fingerprint density at radius 3 is 2.19 bits per heavy atom. The number of anilines is 1. The highest BCUT2D eigenvalue weighted by molar-refractivity contribution is 7.91. The average molecular weight is 435 g/mol. The molecule has 1 N–H and O–H groups in total. The van der Waals surface area contributed by atoms with Crippen molar-refractivity contribution in [1.82, 2.24) is 4.98 Å². The lowest BCUT2D eigenvalue weighted by atomic mass is 10.1. The van der Waals surface area contributed by atoms with E-state index in [0.717, 1.165) is 11.3 Å². The van der Waals surface area contributed by atoms with Crippen molar-refractivity contribution < 1.29 is 17.6 Å². The molecule has 0 spiro atoms. The van der Waals surface area contributed by atoms with Crippen LogP contribution in [0.15, 0.2) is 99.3 Å². The molecule has 1 heterocycles. The zero-order valence-corrected chi connectivity index (χ0v) is 17.8. The minimum Gasteiger partial charge on any atom is -0.497 e. The van der Waals surface area contributed by atoms with Crippen LogP contribution in [0.5, 0.6) is 5.75 Å². The second-order valence-electron chi connectivity index (χ2n) is 6.86. The fourth-order valence-electron chi connectivity index (χ4n) is 3.13. The van der Waals surface area contributed by atoms with Crippen LogP contribution in [0.1, 0.15) is 5.56 Å². The van der Waals surface area contributed by atoms with Gasteiger partial charge >= 0.3 is 0 Å². The molecule has 4 aromatic rings. The van der Waals surface area contributed by atoms with Crippen LogP contribution in [0.3, 0.4) is 0 Å². The molecule has 0 aliphatic carbocycles. The van der Waals surface area contributed by atoms with E-state index in [9.17, 15) is 8.42 Å². The molecule has 31 heavy (non-hydrogen) atoms. The van der Waals surface area contributed by atoms with Crippen LogP contribution in [0.25, 0.3) is 11.5 Å². The maximum Gasteiger partial charge on any atom is 0.233 e. The molecule has 4 rings (SSSR count). The molecular formula is C24H22N2O4S. The van der Waals surface area contributed by atoms with Gasteiger partial charge < -0.3 is 14.5 Å². The highest BCUT2D eigenvalue weighted by Crippen LogP contribution is 2.32. The summed E-state index contributed by atoms with van der Waals surface area (Å²) in [4.78, 5) is 4.51. The van der Waals surface area contributed by atoms with Crippen molar-refractivity contribution >= 4 is 15.7 Å². The molecule has 3 aromatic carbocycles. The third kappa shape index (κ3) is 4.62. The number of oxazole rings is 1. The van der Waals surface area contributed by atoms with Crippen LogP contribution >= 0.6 is 0 Å². The number of nitrogens with one attached hydrogen (secondary N) is 1. The van der Waals surface area contributed by atoms with Crippen molar-refractivity contribution in [1.29, 1.82) is 0 Å². The lowest BCUT2D eigenvalue weighted by Gasteiger charge is -2.07. The predicted octanol–water partition coefficient (Wildman–Crippen LogP) is 4.84. The lowest BCUT2D eigenvalue weighted by Crippen LogP contribution is -2.09. The van der Waals surface area contributed by atoms with E-state index in [1.807, 2.05) is 54.6 Å². The highest BCUT2D eigenvalue weighted by Gasteiger charge is 2.28. The van der Waals surface area contributed by atoms with Crippen molar-refractivity contribution in [3.8, 4) is 17.2 Å². The van der Waals surface area contributed by atoms with E-state index in [2.05, 4.69) is 10.3 Å². The number of methoxy groups -OCH3 is 1. The number of benzene rings is 3. The van der Waals surface area contributed by atoms with E-state index < -0.39 is 9.84 Å². The van der Waals surface area contributed by atoms with Gasteiger partial charge in [-0.3, -0.25) is 0 Å². The van der Waals surface area contributed by atoms with Crippen molar-refractivity contribution in [3.63, 3.8) is 0 Å². The van der Waals surface area contributed by atoms with Crippen LogP contribution in [0.2, 0.25) is 0 Å². The first-order chi connectivity index (χ1) is 15.1. The second kappa shape index (κ2) is 9.06. The van der Waals surface area contributed by atoms with Crippen LogP contribution in [0, 0.1) is 0 Å². The Balaban J connectivity index is 1.62. The molecule has 0 unspecified atom stereocenters. The van der Waals surface area contributed by atoms with Gasteiger partial charge in [0.25, 0.3) is 0 Å². The van der Waals surface area contributed by atoms with Crippen LogP contribution in [-0.4, -0.2) is 27.1 Å². The Kier molecular flexibility index (Phi) is 6.04. The molecule has 0 radical (unpaired) electrons. The first kappa shape index (κ1) is 20.7. The first-order valence-electron chi connectivity index (χ1n) is 9.81. The van der Waals surface area contributed by atoms with E-state index in [4.69, 9.17) is 9.15 Å². The normalized spacial score (nSPS) is 11.3. The largest absolute Gasteiger partial charge is 0.497 e. The summed E-state index contributed by atoms with van der Waals surface area (Å²) >= 11 is 0. The zero-order chi connectivity index (χ0) is 21.7. The summed E-state index contributed by atoms with van der Waals surface area (Å²) in [6.45, 7) is 0.479. The molecule has 0 aliphatic rings. The molecular weight excluding hydrogens is 412 g/mol. The Hall–Kier alpha value is -3.58. The van der Waals surface area contributed by atoms with Gasteiger partial charge in [-0.15, -0.1) is 0 Å². The Morgan fingerprint density at radius 2 is 1.55 bits per heavy atom. The Labute approximate surface area is 181 Å². The van der Waals surface area contributed by atoms with Crippen molar-refractivity contribution in [2.45, 2.75) is 16.3 Å². The summed E-state index contributed by atoms with van der Waals surface area (Å²) in [7, 11) is -2.22. The molecule has 158 valence electrons. The quantitative estimate of drug-likeness (QED) is 0.427. The number of sulfone groups is 1. The monoisotopic (exact) mass is 434 g/mol. The maximum absolute atomic E-state index is 13.2. The Morgan fingerprint density at radius 1 is 0.903 bits per heavy atom. The molecule has 7 heteroatoms. The van der Waals surface area contributed by atoms with Crippen molar-refractivity contribution in [3.05, 3.63) is 90.5 Å². The van der Waals surface area contributed by atoms with Gasteiger partial charge in [-0.1, -0.05) is 48.5 Å². The Bertz CT molecular complexity index is 1240. The summed E-state index contributed by atoms with van der Waals surface area (Å²) in [6, 6.07) is 25.2. The van der Waals surface area contributed by atoms with Gasteiger partial charge in [0.15, 0.2) is 0 Å². The van der Waals surface area contributed by atoms with E-state index >= 15 is 0 Å². The molecule has 0 amide bonds. The summed E-state index contributed by atoms with van der Waals surface area (Å²) in [5.74, 6) is 1.17. The maximum atomic E-state index is 13.2. The SMILES string of the molecule is COc1ccc(CCNc2oc(-c3ccccc3)nc2S(=O)(=O)c2ccccc2)cc1. The standard InChI is InChI=1S/C24H22N2O4S/c1-29-20-14-12-18(13-15-20)16-17-25-23-24(31(27,28)21-10-6-3-7-11-21)26-22(30-23)19-8-4-2-5-9-19/h2-15,25H,16-17H2,1H3. The molecule has 0 aliphatic heterocycles.